The number of hydrogen-bond acceptors (Lipinski definition) is 4. The summed E-state index contributed by atoms with van der Waals surface area (Å²) in [5.74, 6) is -0.139. The topological polar surface area (TPSA) is 66.7 Å². The molecule has 1 amide bonds. The highest BCUT2D eigenvalue weighted by molar-refractivity contribution is 6.04. The maximum Gasteiger partial charge on any atom is 0.258 e. The summed E-state index contributed by atoms with van der Waals surface area (Å²) in [4.78, 5) is 31.8. The molecule has 1 N–H and O–H groups in total. The zero-order valence-electron chi connectivity index (χ0n) is 18.4. The van der Waals surface area contributed by atoms with Gasteiger partial charge < -0.3 is 5.32 Å². The number of carbonyl (C=O) groups excluding carboxylic acids is 1. The summed E-state index contributed by atoms with van der Waals surface area (Å²) in [7, 11) is 2.00. The molecule has 6 heteroatoms. The van der Waals surface area contributed by atoms with E-state index in [0.717, 1.165) is 22.5 Å². The average Bonchev–Trinajstić information content (AvgIpc) is 2.80. The number of hydrogen-bond donors (Lipinski definition) is 1. The van der Waals surface area contributed by atoms with E-state index < -0.39 is 0 Å². The minimum Gasteiger partial charge on any atom is -0.322 e. The van der Waals surface area contributed by atoms with E-state index in [4.69, 9.17) is 4.98 Å². The van der Waals surface area contributed by atoms with Crippen LogP contribution in [0.4, 0.5) is 5.69 Å². The van der Waals surface area contributed by atoms with E-state index in [-0.39, 0.29) is 17.5 Å². The first-order chi connectivity index (χ1) is 15.4. The standard InChI is InChI=1S/C26H26N4O2/c1-18-9-8-14-30-24(31)16-23(27-25(18)30)17-29(3)19(2)21-12-7-13-22(15-21)28-26(32)20-10-5-4-6-11-20/h4-16,19H,17H2,1-3H3,(H,28,32). The highest BCUT2D eigenvalue weighted by atomic mass is 16.1. The van der Waals surface area contributed by atoms with Gasteiger partial charge in [0.2, 0.25) is 0 Å². The van der Waals surface area contributed by atoms with Gasteiger partial charge in [-0.15, -0.1) is 0 Å². The van der Waals surface area contributed by atoms with Gasteiger partial charge in [0.1, 0.15) is 5.65 Å². The van der Waals surface area contributed by atoms with Crippen molar-refractivity contribution in [3.8, 4) is 0 Å². The summed E-state index contributed by atoms with van der Waals surface area (Å²) in [5.41, 5.74) is 4.71. The van der Waals surface area contributed by atoms with Gasteiger partial charge in [0.25, 0.3) is 11.5 Å². The number of nitrogens with zero attached hydrogens (tertiary/aromatic N) is 3. The first-order valence-electron chi connectivity index (χ1n) is 10.6. The Kier molecular flexibility index (Phi) is 6.14. The molecular weight excluding hydrogens is 400 g/mol. The van der Waals surface area contributed by atoms with Crippen LogP contribution in [-0.4, -0.2) is 27.2 Å². The maximum absolute atomic E-state index is 12.5. The second kappa shape index (κ2) is 9.16. The molecule has 32 heavy (non-hydrogen) atoms. The lowest BCUT2D eigenvalue weighted by Gasteiger charge is -2.25. The van der Waals surface area contributed by atoms with Crippen LogP contribution in [0, 0.1) is 6.92 Å². The molecule has 162 valence electrons. The number of aryl methyl sites for hydroxylation is 1. The largest absolute Gasteiger partial charge is 0.322 e. The molecule has 4 aromatic rings. The van der Waals surface area contributed by atoms with Gasteiger partial charge in [-0.3, -0.25) is 18.9 Å². The van der Waals surface area contributed by atoms with Gasteiger partial charge in [-0.25, -0.2) is 4.98 Å². The van der Waals surface area contributed by atoms with Crippen LogP contribution < -0.4 is 10.9 Å². The number of carbonyl (C=O) groups is 1. The van der Waals surface area contributed by atoms with E-state index >= 15 is 0 Å². The molecule has 1 unspecified atom stereocenters. The van der Waals surface area contributed by atoms with E-state index in [9.17, 15) is 9.59 Å². The third kappa shape index (κ3) is 4.60. The van der Waals surface area contributed by atoms with Crippen LogP contribution in [0.1, 0.15) is 40.1 Å². The average molecular weight is 427 g/mol. The predicted octanol–water partition coefficient (Wildman–Crippen LogP) is 4.45. The molecule has 0 saturated carbocycles. The number of aromatic nitrogens is 2. The second-order valence-electron chi connectivity index (χ2n) is 8.01. The van der Waals surface area contributed by atoms with E-state index in [1.165, 1.54) is 0 Å². The Morgan fingerprint density at radius 1 is 1.06 bits per heavy atom. The van der Waals surface area contributed by atoms with E-state index in [1.54, 1.807) is 28.8 Å². The Labute approximate surface area is 187 Å². The summed E-state index contributed by atoms with van der Waals surface area (Å²) >= 11 is 0. The van der Waals surface area contributed by atoms with E-state index in [0.29, 0.717) is 17.8 Å². The van der Waals surface area contributed by atoms with E-state index in [1.807, 2.05) is 68.6 Å². The third-order valence-corrected chi connectivity index (χ3v) is 5.67. The number of fused-ring (bicyclic) bond motifs is 1. The molecule has 2 heterocycles. The van der Waals surface area contributed by atoms with Crippen molar-refractivity contribution in [3.63, 3.8) is 0 Å². The number of amides is 1. The van der Waals surface area contributed by atoms with Gasteiger partial charge >= 0.3 is 0 Å². The molecule has 0 bridgehead atoms. The molecule has 0 aliphatic carbocycles. The van der Waals surface area contributed by atoms with Crippen LogP contribution in [0.2, 0.25) is 0 Å². The van der Waals surface area contributed by atoms with E-state index in [2.05, 4.69) is 17.1 Å². The highest BCUT2D eigenvalue weighted by Gasteiger charge is 2.15. The van der Waals surface area contributed by atoms with Crippen molar-refractivity contribution in [2.24, 2.45) is 0 Å². The lowest BCUT2D eigenvalue weighted by atomic mass is 10.1. The molecule has 2 aromatic carbocycles. The Bertz CT molecular complexity index is 1310. The Morgan fingerprint density at radius 2 is 1.84 bits per heavy atom. The van der Waals surface area contributed by atoms with Crippen molar-refractivity contribution in [2.45, 2.75) is 26.4 Å². The highest BCUT2D eigenvalue weighted by Crippen LogP contribution is 2.23. The lowest BCUT2D eigenvalue weighted by Crippen LogP contribution is -2.25. The quantitative estimate of drug-likeness (QED) is 0.495. The van der Waals surface area contributed by atoms with Crippen molar-refractivity contribution >= 4 is 17.2 Å². The number of anilines is 1. The number of nitrogens with one attached hydrogen (secondary N) is 1. The molecule has 1 atom stereocenters. The normalized spacial score (nSPS) is 12.1. The van der Waals surface area contributed by atoms with Crippen LogP contribution in [0.3, 0.4) is 0 Å². The molecule has 0 radical (unpaired) electrons. The fourth-order valence-corrected chi connectivity index (χ4v) is 3.71. The smallest absolute Gasteiger partial charge is 0.258 e. The number of benzene rings is 2. The van der Waals surface area contributed by atoms with Crippen molar-refractivity contribution in [1.82, 2.24) is 14.3 Å². The van der Waals surface area contributed by atoms with Gasteiger partial charge in [-0.2, -0.15) is 0 Å². The molecular formula is C26H26N4O2. The van der Waals surface area contributed by atoms with Gasteiger partial charge in [0.15, 0.2) is 0 Å². The molecule has 2 aromatic heterocycles. The second-order valence-corrected chi connectivity index (χ2v) is 8.01. The molecule has 6 nitrogen and oxygen atoms in total. The number of pyridine rings is 1. The van der Waals surface area contributed by atoms with Crippen molar-refractivity contribution < 1.29 is 4.79 Å². The first kappa shape index (κ1) is 21.5. The maximum atomic E-state index is 12.5. The summed E-state index contributed by atoms with van der Waals surface area (Å²) in [6.45, 7) is 4.58. The zero-order valence-corrected chi connectivity index (χ0v) is 18.4. The molecule has 0 fully saturated rings. The van der Waals surface area contributed by atoms with Gasteiger partial charge in [-0.1, -0.05) is 36.4 Å². The summed E-state index contributed by atoms with van der Waals surface area (Å²) in [6.07, 6.45) is 1.74. The summed E-state index contributed by atoms with van der Waals surface area (Å²) in [6, 6.07) is 22.4. The Morgan fingerprint density at radius 3 is 2.62 bits per heavy atom. The van der Waals surface area contributed by atoms with Crippen LogP contribution in [-0.2, 0) is 6.54 Å². The number of rotatable bonds is 6. The fraction of sp³-hybridized carbons (Fsp3) is 0.192. The monoisotopic (exact) mass is 426 g/mol. The van der Waals surface area contributed by atoms with Crippen molar-refractivity contribution in [1.29, 1.82) is 0 Å². The molecule has 0 spiro atoms. The zero-order chi connectivity index (χ0) is 22.7. The van der Waals surface area contributed by atoms with Crippen molar-refractivity contribution in [2.75, 3.05) is 12.4 Å². The Hall–Kier alpha value is -3.77. The van der Waals surface area contributed by atoms with Crippen LogP contribution in [0.15, 0.2) is 83.8 Å². The van der Waals surface area contributed by atoms with Crippen LogP contribution in [0.25, 0.3) is 5.65 Å². The summed E-state index contributed by atoms with van der Waals surface area (Å²) < 4.78 is 1.57. The van der Waals surface area contributed by atoms with Gasteiger partial charge in [0, 0.05) is 36.1 Å². The molecule has 4 rings (SSSR count). The minimum absolute atomic E-state index is 0.0562. The van der Waals surface area contributed by atoms with Crippen LogP contribution in [0.5, 0.6) is 0 Å². The van der Waals surface area contributed by atoms with Crippen LogP contribution >= 0.6 is 0 Å². The van der Waals surface area contributed by atoms with Crippen molar-refractivity contribution in [3.05, 3.63) is 112 Å². The minimum atomic E-state index is -0.139. The Balaban J connectivity index is 1.51. The SMILES string of the molecule is Cc1cccn2c(=O)cc(CN(C)C(C)c3cccc(NC(=O)c4ccccc4)c3)nc12. The fourth-order valence-electron chi connectivity index (χ4n) is 3.71. The lowest BCUT2D eigenvalue weighted by molar-refractivity contribution is 0.102. The third-order valence-electron chi connectivity index (χ3n) is 5.67. The molecule has 0 aliphatic rings. The summed E-state index contributed by atoms with van der Waals surface area (Å²) in [5, 5.41) is 2.96. The predicted molar refractivity (Wildman–Crippen MR) is 127 cm³/mol. The molecule has 0 aliphatic heterocycles. The van der Waals surface area contributed by atoms with Gasteiger partial charge in [-0.05, 0) is 62.4 Å². The van der Waals surface area contributed by atoms with Gasteiger partial charge in [0.05, 0.1) is 5.69 Å². The first-order valence-corrected chi connectivity index (χ1v) is 10.6. The molecule has 0 saturated heterocycles.